The van der Waals surface area contributed by atoms with Gasteiger partial charge in [0, 0.05) is 28.2 Å². The topological polar surface area (TPSA) is 56.0 Å². The molecule has 0 aliphatic heterocycles. The highest BCUT2D eigenvalue weighted by Gasteiger charge is 2.09. The van der Waals surface area contributed by atoms with Gasteiger partial charge in [-0.2, -0.15) is 0 Å². The van der Waals surface area contributed by atoms with Gasteiger partial charge in [0.15, 0.2) is 0 Å². The first kappa shape index (κ1) is 9.08. The van der Waals surface area contributed by atoms with Crippen LogP contribution in [0, 0.1) is 10.1 Å². The molecule has 0 saturated heterocycles. The van der Waals surface area contributed by atoms with Crippen LogP contribution in [0.25, 0.3) is 10.9 Å². The lowest BCUT2D eigenvalue weighted by molar-refractivity contribution is -0.384. The smallest absolute Gasteiger partial charge is 0.258 e. The number of pyridine rings is 1. The van der Waals surface area contributed by atoms with Crippen LogP contribution < -0.4 is 0 Å². The van der Waals surface area contributed by atoms with Gasteiger partial charge in [0.2, 0.25) is 0 Å². The quantitative estimate of drug-likeness (QED) is 0.579. The van der Waals surface area contributed by atoms with E-state index in [1.165, 1.54) is 12.1 Å². The number of hydrogen-bond donors (Lipinski definition) is 0. The Hall–Kier alpha value is -1.49. The summed E-state index contributed by atoms with van der Waals surface area (Å²) in [7, 11) is 0. The van der Waals surface area contributed by atoms with Crippen molar-refractivity contribution in [2.24, 2.45) is 0 Å². The van der Waals surface area contributed by atoms with Crippen LogP contribution in [-0.4, -0.2) is 9.91 Å². The van der Waals surface area contributed by atoms with Crippen LogP contribution in [0.5, 0.6) is 0 Å². The Morgan fingerprint density at radius 3 is 2.93 bits per heavy atom. The summed E-state index contributed by atoms with van der Waals surface area (Å²) in [5, 5.41) is 11.4. The van der Waals surface area contributed by atoms with E-state index in [9.17, 15) is 10.1 Å². The third-order valence-corrected chi connectivity index (χ3v) is 2.52. The van der Waals surface area contributed by atoms with E-state index in [1.54, 1.807) is 12.3 Å². The van der Waals surface area contributed by atoms with Gasteiger partial charge in [-0.1, -0.05) is 6.07 Å². The van der Waals surface area contributed by atoms with E-state index in [0.29, 0.717) is 9.99 Å². The molecule has 0 saturated carbocycles. The molecule has 0 aliphatic carbocycles. The minimum Gasteiger partial charge on any atom is -0.258 e. The van der Waals surface area contributed by atoms with Crippen molar-refractivity contribution in [3.05, 3.63) is 45.0 Å². The number of non-ortho nitro benzene ring substituents is 1. The second-order valence-electron chi connectivity index (χ2n) is 2.75. The third-order valence-electron chi connectivity index (χ3n) is 1.87. The standard InChI is InChI=1S/C9H5BrN2O2/c10-8-4-6(12(13)14)5-9-7(8)2-1-3-11-9/h1-5H. The van der Waals surface area contributed by atoms with Crippen LogP contribution in [0.1, 0.15) is 0 Å². The van der Waals surface area contributed by atoms with Crippen molar-refractivity contribution in [1.82, 2.24) is 4.98 Å². The normalized spacial score (nSPS) is 10.4. The maximum atomic E-state index is 10.6. The summed E-state index contributed by atoms with van der Waals surface area (Å²) >= 11 is 3.27. The van der Waals surface area contributed by atoms with Crippen LogP contribution >= 0.6 is 15.9 Å². The molecule has 4 nitrogen and oxygen atoms in total. The average Bonchev–Trinajstić information content (AvgIpc) is 2.17. The molecular formula is C9H5BrN2O2. The summed E-state index contributed by atoms with van der Waals surface area (Å²) in [5.74, 6) is 0. The van der Waals surface area contributed by atoms with Crippen molar-refractivity contribution in [3.8, 4) is 0 Å². The van der Waals surface area contributed by atoms with Crippen LogP contribution in [0.4, 0.5) is 5.69 Å². The zero-order valence-corrected chi connectivity index (χ0v) is 8.56. The Kier molecular flexibility index (Phi) is 2.17. The van der Waals surface area contributed by atoms with Gasteiger partial charge < -0.3 is 0 Å². The number of hydrogen-bond acceptors (Lipinski definition) is 3. The summed E-state index contributed by atoms with van der Waals surface area (Å²) in [4.78, 5) is 14.2. The first-order valence-electron chi connectivity index (χ1n) is 3.87. The molecule has 0 amide bonds. The number of rotatable bonds is 1. The van der Waals surface area contributed by atoms with Gasteiger partial charge >= 0.3 is 0 Å². The van der Waals surface area contributed by atoms with Gasteiger partial charge in [-0.3, -0.25) is 15.1 Å². The van der Waals surface area contributed by atoms with Crippen molar-refractivity contribution in [3.63, 3.8) is 0 Å². The molecule has 0 N–H and O–H groups in total. The highest BCUT2D eigenvalue weighted by molar-refractivity contribution is 9.10. The second kappa shape index (κ2) is 3.34. The lowest BCUT2D eigenvalue weighted by Gasteiger charge is -1.99. The van der Waals surface area contributed by atoms with Gasteiger partial charge in [-0.05, 0) is 22.0 Å². The van der Waals surface area contributed by atoms with Crippen LogP contribution in [0.3, 0.4) is 0 Å². The predicted octanol–water partition coefficient (Wildman–Crippen LogP) is 2.91. The maximum absolute atomic E-state index is 10.6. The van der Waals surface area contributed by atoms with Crippen LogP contribution in [0.2, 0.25) is 0 Å². The van der Waals surface area contributed by atoms with Crippen molar-refractivity contribution in [2.75, 3.05) is 0 Å². The fourth-order valence-electron chi connectivity index (χ4n) is 1.23. The molecule has 0 radical (unpaired) electrons. The second-order valence-corrected chi connectivity index (χ2v) is 3.61. The number of aromatic nitrogens is 1. The molecule has 0 unspecified atom stereocenters. The monoisotopic (exact) mass is 252 g/mol. The molecular weight excluding hydrogens is 248 g/mol. The first-order valence-corrected chi connectivity index (χ1v) is 4.66. The molecule has 2 rings (SSSR count). The fourth-order valence-corrected chi connectivity index (χ4v) is 1.80. The van der Waals surface area contributed by atoms with Crippen molar-refractivity contribution in [1.29, 1.82) is 0 Å². The minimum atomic E-state index is -0.432. The SMILES string of the molecule is O=[N+]([O-])c1cc(Br)c2cccnc2c1. The van der Waals surface area contributed by atoms with Gasteiger partial charge in [-0.25, -0.2) is 0 Å². The number of fused-ring (bicyclic) bond motifs is 1. The third kappa shape index (κ3) is 1.46. The van der Waals surface area contributed by atoms with E-state index in [4.69, 9.17) is 0 Å². The van der Waals surface area contributed by atoms with Crippen LogP contribution in [0.15, 0.2) is 34.9 Å². The Bertz CT molecular complexity index is 513. The Morgan fingerprint density at radius 1 is 1.43 bits per heavy atom. The summed E-state index contributed by atoms with van der Waals surface area (Å²) in [5.41, 5.74) is 0.664. The van der Waals surface area contributed by atoms with E-state index in [-0.39, 0.29) is 5.69 Å². The minimum absolute atomic E-state index is 0.0445. The van der Waals surface area contributed by atoms with Gasteiger partial charge in [-0.15, -0.1) is 0 Å². The molecule has 0 atom stereocenters. The molecule has 1 aromatic heterocycles. The van der Waals surface area contributed by atoms with Crippen molar-refractivity contribution >= 4 is 32.5 Å². The number of nitro benzene ring substituents is 1. The first-order chi connectivity index (χ1) is 6.68. The maximum Gasteiger partial charge on any atom is 0.272 e. The molecule has 0 bridgehead atoms. The number of nitro groups is 1. The molecule has 14 heavy (non-hydrogen) atoms. The molecule has 0 aliphatic rings. The summed E-state index contributed by atoms with van der Waals surface area (Å²) in [6, 6.07) is 6.58. The lowest BCUT2D eigenvalue weighted by Crippen LogP contribution is -1.89. The number of benzene rings is 1. The predicted molar refractivity (Wildman–Crippen MR) is 56.1 cm³/mol. The highest BCUT2D eigenvalue weighted by atomic mass is 79.9. The molecule has 0 fully saturated rings. The van der Waals surface area contributed by atoms with Gasteiger partial charge in [0.25, 0.3) is 5.69 Å². The van der Waals surface area contributed by atoms with Crippen LogP contribution in [-0.2, 0) is 0 Å². The zero-order valence-electron chi connectivity index (χ0n) is 6.98. The van der Waals surface area contributed by atoms with Gasteiger partial charge in [0.05, 0.1) is 10.4 Å². The van der Waals surface area contributed by atoms with Crippen molar-refractivity contribution < 1.29 is 4.92 Å². The van der Waals surface area contributed by atoms with E-state index in [2.05, 4.69) is 20.9 Å². The molecule has 2 aromatic rings. The Balaban J connectivity index is 2.78. The van der Waals surface area contributed by atoms with E-state index >= 15 is 0 Å². The van der Waals surface area contributed by atoms with E-state index in [0.717, 1.165) is 5.39 Å². The molecule has 0 spiro atoms. The number of halogens is 1. The molecule has 70 valence electrons. The zero-order chi connectivity index (χ0) is 10.1. The fraction of sp³-hybridized carbons (Fsp3) is 0. The largest absolute Gasteiger partial charge is 0.272 e. The summed E-state index contributed by atoms with van der Waals surface area (Å²) < 4.78 is 0.690. The van der Waals surface area contributed by atoms with Gasteiger partial charge in [0.1, 0.15) is 0 Å². The Morgan fingerprint density at radius 2 is 2.21 bits per heavy atom. The average molecular weight is 253 g/mol. The summed E-state index contributed by atoms with van der Waals surface area (Å²) in [6.45, 7) is 0. The number of nitrogens with zero attached hydrogens (tertiary/aromatic N) is 2. The van der Waals surface area contributed by atoms with Crippen molar-refractivity contribution in [2.45, 2.75) is 0 Å². The van der Waals surface area contributed by atoms with E-state index < -0.39 is 4.92 Å². The molecule has 1 aromatic carbocycles. The lowest BCUT2D eigenvalue weighted by atomic mass is 10.2. The highest BCUT2D eigenvalue weighted by Crippen LogP contribution is 2.27. The molecule has 5 heteroatoms. The molecule has 1 heterocycles. The van der Waals surface area contributed by atoms with E-state index in [1.807, 2.05) is 6.07 Å². The summed E-state index contributed by atoms with van der Waals surface area (Å²) in [6.07, 6.45) is 1.61. The Labute approximate surface area is 87.9 Å².